The van der Waals surface area contributed by atoms with E-state index in [2.05, 4.69) is 23.4 Å². The van der Waals surface area contributed by atoms with Gasteiger partial charge in [0.15, 0.2) is 5.65 Å². The lowest BCUT2D eigenvalue weighted by Crippen LogP contribution is -1.97. The van der Waals surface area contributed by atoms with E-state index in [0.29, 0.717) is 5.71 Å². The van der Waals surface area contributed by atoms with E-state index in [1.54, 1.807) is 0 Å². The Balaban J connectivity index is 1.90. The molecule has 0 aliphatic heterocycles. The van der Waals surface area contributed by atoms with Crippen molar-refractivity contribution in [2.24, 2.45) is 0 Å². The molecule has 5 aromatic rings. The van der Waals surface area contributed by atoms with Crippen molar-refractivity contribution in [3.8, 4) is 16.9 Å². The van der Waals surface area contributed by atoms with Crippen molar-refractivity contribution in [2.75, 3.05) is 0 Å². The summed E-state index contributed by atoms with van der Waals surface area (Å²) in [6, 6.07) is 22.2. The largest absolute Gasteiger partial charge is 0.335 e. The van der Waals surface area contributed by atoms with E-state index < -0.39 is 0 Å². The van der Waals surface area contributed by atoms with Gasteiger partial charge in [-0.25, -0.2) is 4.68 Å². The molecular formula is C20H14N4O. The third-order valence-corrected chi connectivity index (χ3v) is 4.33. The first kappa shape index (κ1) is 13.9. The smallest absolute Gasteiger partial charge is 0.260 e. The molecule has 0 atom stereocenters. The standard InChI is InChI=1S/C20H14N4O/c1-13-16-12-17-18(14-8-4-2-5-9-14)22-24(15-10-6-3-7-11-15)19(17)21-20(16)25-23-13/h2-12H,1H3. The zero-order valence-electron chi connectivity index (χ0n) is 13.5. The molecule has 0 aliphatic carbocycles. The number of para-hydroxylation sites is 1. The van der Waals surface area contributed by atoms with Crippen LogP contribution in [0.15, 0.2) is 71.3 Å². The Morgan fingerprint density at radius 1 is 0.880 bits per heavy atom. The highest BCUT2D eigenvalue weighted by Gasteiger charge is 2.18. The predicted molar refractivity (Wildman–Crippen MR) is 96.6 cm³/mol. The van der Waals surface area contributed by atoms with Gasteiger partial charge in [-0.2, -0.15) is 10.1 Å². The van der Waals surface area contributed by atoms with Crippen LogP contribution >= 0.6 is 0 Å². The van der Waals surface area contributed by atoms with Crippen molar-refractivity contribution in [2.45, 2.75) is 6.92 Å². The molecule has 0 fully saturated rings. The summed E-state index contributed by atoms with van der Waals surface area (Å²) < 4.78 is 7.22. The molecule has 0 saturated heterocycles. The van der Waals surface area contributed by atoms with Crippen LogP contribution in [0.1, 0.15) is 5.69 Å². The second-order valence-electron chi connectivity index (χ2n) is 5.94. The minimum absolute atomic E-state index is 0.529. The Morgan fingerprint density at radius 2 is 1.60 bits per heavy atom. The molecule has 3 aromatic heterocycles. The van der Waals surface area contributed by atoms with Crippen LogP contribution in [0.4, 0.5) is 0 Å². The predicted octanol–water partition coefficient (Wildman–Crippen LogP) is 4.54. The van der Waals surface area contributed by atoms with Crippen LogP contribution in [0.5, 0.6) is 0 Å². The molecule has 5 nitrogen and oxygen atoms in total. The monoisotopic (exact) mass is 326 g/mol. The highest BCUT2D eigenvalue weighted by molar-refractivity contribution is 5.98. The van der Waals surface area contributed by atoms with Crippen molar-refractivity contribution in [1.29, 1.82) is 0 Å². The van der Waals surface area contributed by atoms with E-state index in [4.69, 9.17) is 14.6 Å². The molecule has 25 heavy (non-hydrogen) atoms. The van der Waals surface area contributed by atoms with Gasteiger partial charge in [0.2, 0.25) is 0 Å². The third kappa shape index (κ3) is 2.13. The van der Waals surface area contributed by atoms with Gasteiger partial charge in [-0.05, 0) is 25.1 Å². The molecule has 0 spiro atoms. The van der Waals surface area contributed by atoms with E-state index in [-0.39, 0.29) is 0 Å². The maximum Gasteiger partial charge on any atom is 0.260 e. The van der Waals surface area contributed by atoms with Crippen molar-refractivity contribution >= 4 is 22.1 Å². The average Bonchev–Trinajstić information content (AvgIpc) is 3.22. The Hall–Kier alpha value is -3.47. The summed E-state index contributed by atoms with van der Waals surface area (Å²) in [6.07, 6.45) is 0. The highest BCUT2D eigenvalue weighted by Crippen LogP contribution is 2.31. The normalized spacial score (nSPS) is 11.4. The van der Waals surface area contributed by atoms with Crippen molar-refractivity contribution < 1.29 is 4.52 Å². The van der Waals surface area contributed by atoms with E-state index in [1.165, 1.54) is 0 Å². The zero-order chi connectivity index (χ0) is 16.8. The fourth-order valence-corrected chi connectivity index (χ4v) is 3.07. The van der Waals surface area contributed by atoms with Gasteiger partial charge in [-0.1, -0.05) is 53.7 Å². The molecule has 0 saturated carbocycles. The minimum atomic E-state index is 0.529. The zero-order valence-corrected chi connectivity index (χ0v) is 13.5. The van der Waals surface area contributed by atoms with Crippen LogP contribution in [0, 0.1) is 6.92 Å². The summed E-state index contributed by atoms with van der Waals surface area (Å²) in [4.78, 5) is 4.69. The number of aromatic nitrogens is 4. The number of benzene rings is 2. The van der Waals surface area contributed by atoms with Crippen LogP contribution in [0.25, 0.3) is 39.1 Å². The molecule has 0 aliphatic rings. The second-order valence-corrected chi connectivity index (χ2v) is 5.94. The van der Waals surface area contributed by atoms with E-state index in [1.807, 2.05) is 60.1 Å². The molecule has 5 heteroatoms. The second kappa shape index (κ2) is 5.27. The topological polar surface area (TPSA) is 56.7 Å². The first-order chi connectivity index (χ1) is 12.3. The molecule has 0 unspecified atom stereocenters. The third-order valence-electron chi connectivity index (χ3n) is 4.33. The lowest BCUT2D eigenvalue weighted by atomic mass is 10.1. The Labute approximate surface area is 143 Å². The van der Waals surface area contributed by atoms with Crippen LogP contribution in [-0.2, 0) is 0 Å². The van der Waals surface area contributed by atoms with Gasteiger partial charge in [0.05, 0.1) is 16.8 Å². The molecule has 0 bridgehead atoms. The van der Waals surface area contributed by atoms with Gasteiger partial charge in [0.25, 0.3) is 5.71 Å². The van der Waals surface area contributed by atoms with Gasteiger partial charge >= 0.3 is 0 Å². The average molecular weight is 326 g/mol. The van der Waals surface area contributed by atoms with Gasteiger partial charge in [0, 0.05) is 10.9 Å². The fourth-order valence-electron chi connectivity index (χ4n) is 3.07. The van der Waals surface area contributed by atoms with Crippen LogP contribution in [0.2, 0.25) is 0 Å². The van der Waals surface area contributed by atoms with Crippen molar-refractivity contribution in [3.63, 3.8) is 0 Å². The van der Waals surface area contributed by atoms with Gasteiger partial charge in [-0.15, -0.1) is 0 Å². The molecule has 5 rings (SSSR count). The lowest BCUT2D eigenvalue weighted by molar-refractivity contribution is 0.443. The molecule has 120 valence electrons. The molecule has 0 N–H and O–H groups in total. The first-order valence-corrected chi connectivity index (χ1v) is 8.08. The van der Waals surface area contributed by atoms with Crippen molar-refractivity contribution in [1.82, 2.24) is 19.9 Å². The number of hydrogen-bond acceptors (Lipinski definition) is 4. The molecule has 0 amide bonds. The number of nitrogens with zero attached hydrogens (tertiary/aromatic N) is 4. The summed E-state index contributed by atoms with van der Waals surface area (Å²) in [7, 11) is 0. The fraction of sp³-hybridized carbons (Fsp3) is 0.0500. The minimum Gasteiger partial charge on any atom is -0.335 e. The maximum atomic E-state index is 5.36. The Kier molecular flexibility index (Phi) is 2.94. The number of hydrogen-bond donors (Lipinski definition) is 0. The number of rotatable bonds is 2. The summed E-state index contributed by atoms with van der Waals surface area (Å²) >= 11 is 0. The van der Waals surface area contributed by atoms with Gasteiger partial charge in [-0.3, -0.25) is 0 Å². The van der Waals surface area contributed by atoms with E-state index in [0.717, 1.165) is 39.1 Å². The summed E-state index contributed by atoms with van der Waals surface area (Å²) in [5.41, 5.74) is 5.02. The summed E-state index contributed by atoms with van der Waals surface area (Å²) in [5.74, 6) is 0. The van der Waals surface area contributed by atoms with Crippen LogP contribution < -0.4 is 0 Å². The maximum absolute atomic E-state index is 5.36. The van der Waals surface area contributed by atoms with Gasteiger partial charge in [0.1, 0.15) is 5.69 Å². The first-order valence-electron chi connectivity index (χ1n) is 8.08. The molecule has 2 aromatic carbocycles. The quantitative estimate of drug-likeness (QED) is 0.478. The number of fused-ring (bicyclic) bond motifs is 2. The summed E-state index contributed by atoms with van der Waals surface area (Å²) in [6.45, 7) is 1.92. The SMILES string of the molecule is Cc1noc2nc3c(cc12)c(-c1ccccc1)nn3-c1ccccc1. The number of pyridine rings is 1. The molecule has 3 heterocycles. The van der Waals surface area contributed by atoms with E-state index in [9.17, 15) is 0 Å². The Morgan fingerprint density at radius 3 is 2.36 bits per heavy atom. The van der Waals surface area contributed by atoms with Crippen LogP contribution in [-0.4, -0.2) is 19.9 Å². The summed E-state index contributed by atoms with van der Waals surface area (Å²) in [5, 5.41) is 10.8. The molecular weight excluding hydrogens is 312 g/mol. The van der Waals surface area contributed by atoms with E-state index >= 15 is 0 Å². The van der Waals surface area contributed by atoms with Crippen molar-refractivity contribution in [3.05, 3.63) is 72.4 Å². The lowest BCUT2D eigenvalue weighted by Gasteiger charge is -2.01. The van der Waals surface area contributed by atoms with Crippen LogP contribution in [0.3, 0.4) is 0 Å². The molecule has 0 radical (unpaired) electrons. The van der Waals surface area contributed by atoms with Gasteiger partial charge < -0.3 is 4.52 Å². The number of aryl methyl sites for hydroxylation is 1. The highest BCUT2D eigenvalue weighted by atomic mass is 16.5. The Bertz CT molecular complexity index is 1190.